The Morgan fingerprint density at radius 2 is 1.73 bits per heavy atom. The van der Waals surface area contributed by atoms with Crippen LogP contribution >= 0.6 is 0 Å². The van der Waals surface area contributed by atoms with E-state index in [1.807, 2.05) is 36.9 Å². The molecule has 9 heteroatoms. The number of hydrogen-bond acceptors (Lipinski definition) is 7. The molecular weight excluding hydrogens is 382 g/mol. The van der Waals surface area contributed by atoms with Gasteiger partial charge >= 0.3 is 0 Å². The number of carbonyl (C=O) groups excluding carboxylic acids is 1. The number of aryl methyl sites for hydroxylation is 3. The molecule has 3 aromatic heterocycles. The van der Waals surface area contributed by atoms with Gasteiger partial charge in [-0.15, -0.1) is 10.2 Å². The molecule has 2 aliphatic rings. The Kier molecular flexibility index (Phi) is 4.72. The molecule has 0 atom stereocenters. The van der Waals surface area contributed by atoms with Crippen LogP contribution in [0.3, 0.4) is 0 Å². The van der Waals surface area contributed by atoms with Crippen molar-refractivity contribution < 1.29 is 9.32 Å². The first-order chi connectivity index (χ1) is 14.6. The molecule has 3 aromatic rings. The van der Waals surface area contributed by atoms with Gasteiger partial charge in [-0.05, 0) is 51.3 Å². The summed E-state index contributed by atoms with van der Waals surface area (Å²) in [6, 6.07) is 5.91. The Morgan fingerprint density at radius 1 is 1.00 bits per heavy atom. The molecule has 156 valence electrons. The normalized spacial score (nSPS) is 16.6. The SMILES string of the molecule is Cc1cc(C)n(-c2ccc(N3CCN(C(=O)c4noc5c4CCCC5)CC3)nn2)n1. The zero-order chi connectivity index (χ0) is 20.7. The van der Waals surface area contributed by atoms with Crippen molar-refractivity contribution in [3.8, 4) is 5.82 Å². The van der Waals surface area contributed by atoms with Crippen LogP contribution in [0.2, 0.25) is 0 Å². The average Bonchev–Trinajstić information content (AvgIpc) is 3.36. The van der Waals surface area contributed by atoms with Gasteiger partial charge in [0.2, 0.25) is 0 Å². The fourth-order valence-corrected chi connectivity index (χ4v) is 4.30. The smallest absolute Gasteiger partial charge is 0.276 e. The largest absolute Gasteiger partial charge is 0.360 e. The lowest BCUT2D eigenvalue weighted by Crippen LogP contribution is -2.49. The van der Waals surface area contributed by atoms with Crippen molar-refractivity contribution in [3.63, 3.8) is 0 Å². The topological polar surface area (TPSA) is 93.2 Å². The molecule has 30 heavy (non-hydrogen) atoms. The summed E-state index contributed by atoms with van der Waals surface area (Å²) in [6.45, 7) is 6.63. The van der Waals surface area contributed by atoms with E-state index in [2.05, 4.69) is 25.4 Å². The molecule has 0 radical (unpaired) electrons. The molecule has 1 amide bonds. The van der Waals surface area contributed by atoms with Crippen LogP contribution in [0.5, 0.6) is 0 Å². The number of piperazine rings is 1. The highest BCUT2D eigenvalue weighted by atomic mass is 16.5. The van der Waals surface area contributed by atoms with E-state index in [-0.39, 0.29) is 5.91 Å². The first-order valence-electron chi connectivity index (χ1n) is 10.5. The molecule has 5 rings (SSSR count). The fraction of sp³-hybridized carbons (Fsp3) is 0.476. The summed E-state index contributed by atoms with van der Waals surface area (Å²) in [7, 11) is 0. The average molecular weight is 407 g/mol. The van der Waals surface area contributed by atoms with Crippen molar-refractivity contribution in [1.29, 1.82) is 0 Å². The summed E-state index contributed by atoms with van der Waals surface area (Å²) in [5, 5.41) is 17.3. The Morgan fingerprint density at radius 3 is 2.43 bits per heavy atom. The van der Waals surface area contributed by atoms with E-state index in [0.29, 0.717) is 37.7 Å². The van der Waals surface area contributed by atoms with E-state index in [9.17, 15) is 4.79 Å². The predicted octanol–water partition coefficient (Wildman–Crippen LogP) is 2.11. The van der Waals surface area contributed by atoms with Crippen LogP contribution in [-0.4, -0.2) is 62.1 Å². The molecule has 0 aromatic carbocycles. The van der Waals surface area contributed by atoms with Crippen LogP contribution in [-0.2, 0) is 12.8 Å². The summed E-state index contributed by atoms with van der Waals surface area (Å²) in [5.74, 6) is 2.38. The number of nitrogens with zero attached hydrogens (tertiary/aromatic N) is 7. The molecule has 0 unspecified atom stereocenters. The zero-order valence-corrected chi connectivity index (χ0v) is 17.3. The summed E-state index contributed by atoms with van der Waals surface area (Å²) < 4.78 is 7.21. The molecular formula is C21H25N7O2. The van der Waals surface area contributed by atoms with Crippen molar-refractivity contribution in [3.05, 3.63) is 46.6 Å². The fourth-order valence-electron chi connectivity index (χ4n) is 4.30. The molecule has 1 fully saturated rings. The van der Waals surface area contributed by atoms with E-state index in [1.165, 1.54) is 0 Å². The van der Waals surface area contributed by atoms with Gasteiger partial charge in [-0.2, -0.15) is 5.10 Å². The molecule has 1 aliphatic heterocycles. The van der Waals surface area contributed by atoms with E-state index in [1.54, 1.807) is 4.68 Å². The monoisotopic (exact) mass is 407 g/mol. The number of fused-ring (bicyclic) bond motifs is 1. The molecule has 0 N–H and O–H groups in total. The zero-order valence-electron chi connectivity index (χ0n) is 17.3. The van der Waals surface area contributed by atoms with Gasteiger partial charge in [-0.25, -0.2) is 4.68 Å². The van der Waals surface area contributed by atoms with E-state index in [0.717, 1.165) is 54.2 Å². The number of anilines is 1. The Hall–Kier alpha value is -3.23. The third-order valence-corrected chi connectivity index (χ3v) is 5.91. The molecule has 0 spiro atoms. The second kappa shape index (κ2) is 7.55. The maximum atomic E-state index is 13.0. The van der Waals surface area contributed by atoms with Crippen molar-refractivity contribution >= 4 is 11.7 Å². The van der Waals surface area contributed by atoms with E-state index < -0.39 is 0 Å². The third kappa shape index (κ3) is 3.34. The number of amides is 1. The number of rotatable bonds is 3. The van der Waals surface area contributed by atoms with Crippen LogP contribution < -0.4 is 4.90 Å². The lowest BCUT2D eigenvalue weighted by atomic mass is 9.96. The lowest BCUT2D eigenvalue weighted by molar-refractivity contribution is 0.0735. The highest BCUT2D eigenvalue weighted by Gasteiger charge is 2.29. The standard InChI is InChI=1S/C21H25N7O2/c1-14-13-15(2)28(24-14)19-8-7-18(22-23-19)26-9-11-27(12-10-26)21(29)20-16-5-3-4-6-17(16)30-25-20/h7-8,13H,3-6,9-12H2,1-2H3. The Balaban J connectivity index is 1.24. The van der Waals surface area contributed by atoms with Crippen molar-refractivity contribution in [1.82, 2.24) is 30.0 Å². The molecule has 0 saturated carbocycles. The van der Waals surface area contributed by atoms with Gasteiger partial charge in [0.15, 0.2) is 17.3 Å². The second-order valence-electron chi connectivity index (χ2n) is 8.01. The maximum Gasteiger partial charge on any atom is 0.276 e. The Labute approximate surface area is 174 Å². The van der Waals surface area contributed by atoms with Gasteiger partial charge in [0.1, 0.15) is 5.76 Å². The van der Waals surface area contributed by atoms with Crippen molar-refractivity contribution in [2.24, 2.45) is 0 Å². The molecule has 1 aliphatic carbocycles. The van der Waals surface area contributed by atoms with Gasteiger partial charge in [0.25, 0.3) is 5.91 Å². The quantitative estimate of drug-likeness (QED) is 0.656. The summed E-state index contributed by atoms with van der Waals surface area (Å²) >= 11 is 0. The van der Waals surface area contributed by atoms with Crippen LogP contribution in [0.1, 0.15) is 46.0 Å². The molecule has 4 heterocycles. The molecule has 9 nitrogen and oxygen atoms in total. The summed E-state index contributed by atoms with van der Waals surface area (Å²) in [6.07, 6.45) is 3.97. The summed E-state index contributed by atoms with van der Waals surface area (Å²) in [5.41, 5.74) is 3.50. The van der Waals surface area contributed by atoms with Crippen LogP contribution in [0, 0.1) is 13.8 Å². The minimum atomic E-state index is -0.0208. The van der Waals surface area contributed by atoms with Gasteiger partial charge in [-0.3, -0.25) is 4.79 Å². The molecule has 1 saturated heterocycles. The van der Waals surface area contributed by atoms with Crippen molar-refractivity contribution in [2.75, 3.05) is 31.1 Å². The van der Waals surface area contributed by atoms with Gasteiger partial charge in [0.05, 0.1) is 5.69 Å². The minimum Gasteiger partial charge on any atom is -0.360 e. The van der Waals surface area contributed by atoms with Crippen molar-refractivity contribution in [2.45, 2.75) is 39.5 Å². The molecule has 0 bridgehead atoms. The van der Waals surface area contributed by atoms with Gasteiger partial charge in [0, 0.05) is 43.9 Å². The lowest BCUT2D eigenvalue weighted by Gasteiger charge is -2.35. The Bertz CT molecular complexity index is 1060. The van der Waals surface area contributed by atoms with E-state index in [4.69, 9.17) is 4.52 Å². The number of carbonyl (C=O) groups is 1. The first kappa shape index (κ1) is 18.8. The van der Waals surface area contributed by atoms with Gasteiger partial charge < -0.3 is 14.3 Å². The second-order valence-corrected chi connectivity index (χ2v) is 8.01. The van der Waals surface area contributed by atoms with Crippen LogP contribution in [0.4, 0.5) is 5.82 Å². The highest BCUT2D eigenvalue weighted by molar-refractivity contribution is 5.94. The van der Waals surface area contributed by atoms with Crippen LogP contribution in [0.25, 0.3) is 5.82 Å². The maximum absolute atomic E-state index is 13.0. The number of hydrogen-bond donors (Lipinski definition) is 0. The first-order valence-corrected chi connectivity index (χ1v) is 10.5. The highest BCUT2D eigenvalue weighted by Crippen LogP contribution is 2.25. The predicted molar refractivity (Wildman–Crippen MR) is 110 cm³/mol. The van der Waals surface area contributed by atoms with E-state index >= 15 is 0 Å². The summed E-state index contributed by atoms with van der Waals surface area (Å²) in [4.78, 5) is 17.0. The minimum absolute atomic E-state index is 0.0208. The van der Waals surface area contributed by atoms with Gasteiger partial charge in [-0.1, -0.05) is 5.16 Å². The number of aromatic nitrogens is 5. The van der Waals surface area contributed by atoms with Crippen LogP contribution in [0.15, 0.2) is 22.7 Å². The third-order valence-electron chi connectivity index (χ3n) is 5.91.